The molecule has 1 atom stereocenters. The van der Waals surface area contributed by atoms with Crippen LogP contribution in [0.5, 0.6) is 0 Å². The molecule has 2 rings (SSSR count). The number of carbonyl (C=O) groups is 1. The summed E-state index contributed by atoms with van der Waals surface area (Å²) in [5.74, 6) is 0.699. The lowest BCUT2D eigenvalue weighted by Gasteiger charge is -2.14. The van der Waals surface area contributed by atoms with E-state index in [-0.39, 0.29) is 11.3 Å². The summed E-state index contributed by atoms with van der Waals surface area (Å²) in [6, 6.07) is 9.98. The number of hydrogen-bond donors (Lipinski definition) is 0. The Kier molecular flexibility index (Phi) is 4.13. The molecule has 1 heterocycles. The second-order valence-corrected chi connectivity index (χ2v) is 5.49. The van der Waals surface area contributed by atoms with E-state index in [2.05, 4.69) is 0 Å². The van der Waals surface area contributed by atoms with E-state index >= 15 is 0 Å². The molecule has 1 saturated heterocycles. The lowest BCUT2D eigenvalue weighted by Crippen LogP contribution is -2.30. The van der Waals surface area contributed by atoms with Crippen molar-refractivity contribution in [1.82, 2.24) is 4.90 Å². The highest BCUT2D eigenvalue weighted by Crippen LogP contribution is 2.20. The third kappa shape index (κ3) is 3.16. The molecule has 4 heteroatoms. The summed E-state index contributed by atoms with van der Waals surface area (Å²) in [5, 5.41) is 0.144. The lowest BCUT2D eigenvalue weighted by atomic mass is 10.4. The van der Waals surface area contributed by atoms with Gasteiger partial charge in [-0.15, -0.1) is 23.4 Å². The van der Waals surface area contributed by atoms with Gasteiger partial charge in [0.05, 0.1) is 11.1 Å². The van der Waals surface area contributed by atoms with Crippen molar-refractivity contribution in [3.05, 3.63) is 30.3 Å². The van der Waals surface area contributed by atoms with Crippen LogP contribution in [-0.2, 0) is 4.79 Å². The number of halogens is 1. The smallest absolute Gasteiger partial charge is 0.232 e. The first kappa shape index (κ1) is 11.8. The summed E-state index contributed by atoms with van der Waals surface area (Å²) in [6.45, 7) is 1.51. The Morgan fingerprint density at radius 2 is 2.19 bits per heavy atom. The van der Waals surface area contributed by atoms with Crippen molar-refractivity contribution in [2.45, 2.75) is 16.7 Å². The van der Waals surface area contributed by atoms with Gasteiger partial charge in [0, 0.05) is 18.0 Å². The molecule has 0 spiro atoms. The Hall–Kier alpha value is -0.670. The topological polar surface area (TPSA) is 20.3 Å². The van der Waals surface area contributed by atoms with Gasteiger partial charge >= 0.3 is 0 Å². The molecule has 1 fully saturated rings. The number of benzene rings is 1. The zero-order chi connectivity index (χ0) is 11.4. The fourth-order valence-corrected chi connectivity index (χ4v) is 2.78. The maximum atomic E-state index is 11.8. The zero-order valence-electron chi connectivity index (χ0n) is 8.93. The minimum atomic E-state index is 0.144. The summed E-state index contributed by atoms with van der Waals surface area (Å²) in [7, 11) is 0. The predicted octanol–water partition coefficient (Wildman–Crippen LogP) is 2.62. The number of amides is 1. The Bertz CT molecular complexity index is 357. The SMILES string of the molecule is O=C(CSc1ccccc1)N1CCC(Cl)C1. The lowest BCUT2D eigenvalue weighted by molar-refractivity contribution is -0.127. The van der Waals surface area contributed by atoms with Gasteiger partial charge in [-0.2, -0.15) is 0 Å². The molecule has 0 saturated carbocycles. The first-order valence-corrected chi connectivity index (χ1v) is 6.77. The van der Waals surface area contributed by atoms with Crippen LogP contribution in [0.3, 0.4) is 0 Å². The van der Waals surface area contributed by atoms with E-state index < -0.39 is 0 Å². The Morgan fingerprint density at radius 3 is 2.81 bits per heavy atom. The molecule has 1 aliphatic rings. The fraction of sp³-hybridized carbons (Fsp3) is 0.417. The maximum absolute atomic E-state index is 11.8. The second-order valence-electron chi connectivity index (χ2n) is 3.83. The Labute approximate surface area is 105 Å². The highest BCUT2D eigenvalue weighted by Gasteiger charge is 2.24. The van der Waals surface area contributed by atoms with Crippen molar-refractivity contribution in [3.63, 3.8) is 0 Å². The molecule has 0 aliphatic carbocycles. The molecule has 0 bridgehead atoms. The summed E-state index contributed by atoms with van der Waals surface area (Å²) < 4.78 is 0. The molecule has 16 heavy (non-hydrogen) atoms. The van der Waals surface area contributed by atoms with Gasteiger partial charge in [-0.05, 0) is 18.6 Å². The average Bonchev–Trinajstić information content (AvgIpc) is 2.74. The standard InChI is InChI=1S/C12H14ClNOS/c13-10-6-7-14(8-10)12(15)9-16-11-4-2-1-3-5-11/h1-5,10H,6-9H2. The molecule has 1 aromatic carbocycles. The van der Waals surface area contributed by atoms with E-state index in [9.17, 15) is 4.79 Å². The van der Waals surface area contributed by atoms with E-state index in [0.29, 0.717) is 12.3 Å². The fourth-order valence-electron chi connectivity index (χ4n) is 1.70. The van der Waals surface area contributed by atoms with Crippen LogP contribution in [0.4, 0.5) is 0 Å². The van der Waals surface area contributed by atoms with Gasteiger partial charge in [-0.25, -0.2) is 0 Å². The van der Waals surface area contributed by atoms with Crippen molar-refractivity contribution < 1.29 is 4.79 Å². The number of carbonyl (C=O) groups excluding carboxylic acids is 1. The number of likely N-dealkylation sites (tertiary alicyclic amines) is 1. The van der Waals surface area contributed by atoms with Gasteiger partial charge in [0.2, 0.25) is 5.91 Å². The first-order chi connectivity index (χ1) is 7.75. The average molecular weight is 256 g/mol. The van der Waals surface area contributed by atoms with Crippen molar-refractivity contribution in [3.8, 4) is 0 Å². The number of nitrogens with zero attached hydrogens (tertiary/aromatic N) is 1. The van der Waals surface area contributed by atoms with Gasteiger partial charge in [-0.1, -0.05) is 18.2 Å². The van der Waals surface area contributed by atoms with Crippen molar-refractivity contribution in [2.75, 3.05) is 18.8 Å². The monoisotopic (exact) mass is 255 g/mol. The summed E-state index contributed by atoms with van der Waals surface area (Å²) in [6.07, 6.45) is 0.920. The number of thioether (sulfide) groups is 1. The van der Waals surface area contributed by atoms with E-state index in [1.165, 1.54) is 0 Å². The highest BCUT2D eigenvalue weighted by atomic mass is 35.5. The van der Waals surface area contributed by atoms with Gasteiger partial charge in [0.1, 0.15) is 0 Å². The van der Waals surface area contributed by atoms with Crippen molar-refractivity contribution in [1.29, 1.82) is 0 Å². The highest BCUT2D eigenvalue weighted by molar-refractivity contribution is 8.00. The molecular formula is C12H14ClNOS. The van der Waals surface area contributed by atoms with Crippen LogP contribution in [0.2, 0.25) is 0 Å². The molecule has 0 aromatic heterocycles. The van der Waals surface area contributed by atoms with E-state index in [1.807, 2.05) is 35.2 Å². The van der Waals surface area contributed by atoms with Crippen LogP contribution in [-0.4, -0.2) is 35.0 Å². The minimum Gasteiger partial charge on any atom is -0.340 e. The molecule has 1 amide bonds. The van der Waals surface area contributed by atoms with Gasteiger partial charge in [0.15, 0.2) is 0 Å². The quantitative estimate of drug-likeness (QED) is 0.611. The third-order valence-corrected chi connectivity index (χ3v) is 3.94. The van der Waals surface area contributed by atoms with E-state index in [4.69, 9.17) is 11.6 Å². The number of rotatable bonds is 3. The van der Waals surface area contributed by atoms with Crippen LogP contribution < -0.4 is 0 Å². The van der Waals surface area contributed by atoms with Gasteiger partial charge < -0.3 is 4.90 Å². The molecule has 2 nitrogen and oxygen atoms in total. The molecule has 86 valence electrons. The van der Waals surface area contributed by atoms with Crippen molar-refractivity contribution in [2.24, 2.45) is 0 Å². The third-order valence-electron chi connectivity index (χ3n) is 2.59. The minimum absolute atomic E-state index is 0.144. The van der Waals surface area contributed by atoms with Gasteiger partial charge in [0.25, 0.3) is 0 Å². The summed E-state index contributed by atoms with van der Waals surface area (Å²) in [4.78, 5) is 14.8. The molecule has 1 aromatic rings. The van der Waals surface area contributed by atoms with Crippen LogP contribution in [0.1, 0.15) is 6.42 Å². The second kappa shape index (κ2) is 5.60. The molecule has 1 unspecified atom stereocenters. The van der Waals surface area contributed by atoms with Crippen LogP contribution in [0, 0.1) is 0 Å². The number of alkyl halides is 1. The van der Waals surface area contributed by atoms with Crippen LogP contribution >= 0.6 is 23.4 Å². The first-order valence-electron chi connectivity index (χ1n) is 5.35. The largest absolute Gasteiger partial charge is 0.340 e. The van der Waals surface area contributed by atoms with E-state index in [1.54, 1.807) is 11.8 Å². The normalized spacial score (nSPS) is 20.1. The molecule has 1 aliphatic heterocycles. The van der Waals surface area contributed by atoms with E-state index in [0.717, 1.165) is 17.9 Å². The van der Waals surface area contributed by atoms with Gasteiger partial charge in [-0.3, -0.25) is 4.79 Å². The molecule has 0 radical (unpaired) electrons. The Balaban J connectivity index is 1.80. The number of hydrogen-bond acceptors (Lipinski definition) is 2. The molecule has 0 N–H and O–H groups in total. The zero-order valence-corrected chi connectivity index (χ0v) is 10.5. The summed E-state index contributed by atoms with van der Waals surface area (Å²) in [5.41, 5.74) is 0. The van der Waals surface area contributed by atoms with Crippen LogP contribution in [0.15, 0.2) is 35.2 Å². The Morgan fingerprint density at radius 1 is 1.44 bits per heavy atom. The van der Waals surface area contributed by atoms with Crippen LogP contribution in [0.25, 0.3) is 0 Å². The molecular weight excluding hydrogens is 242 g/mol. The predicted molar refractivity (Wildman–Crippen MR) is 68.0 cm³/mol. The summed E-state index contributed by atoms with van der Waals surface area (Å²) >= 11 is 7.55. The maximum Gasteiger partial charge on any atom is 0.232 e. The van der Waals surface area contributed by atoms with Crippen molar-refractivity contribution >= 4 is 29.3 Å².